The Morgan fingerprint density at radius 1 is 1.70 bits per heavy atom. The number of furan rings is 1. The fourth-order valence-electron chi connectivity index (χ4n) is 0.719. The van der Waals surface area contributed by atoms with E-state index in [1.54, 1.807) is 6.26 Å². The zero-order valence-electron chi connectivity index (χ0n) is 5.53. The van der Waals surface area contributed by atoms with E-state index < -0.39 is 0 Å². The molecule has 0 aliphatic carbocycles. The third-order valence-corrected chi connectivity index (χ3v) is 1.18. The minimum absolute atomic E-state index is 0.712. The third kappa shape index (κ3) is 1.93. The van der Waals surface area contributed by atoms with Gasteiger partial charge in [0.25, 0.3) is 0 Å². The first-order valence-electron chi connectivity index (χ1n) is 3.12. The van der Waals surface area contributed by atoms with E-state index in [0.717, 1.165) is 12.2 Å². The van der Waals surface area contributed by atoms with E-state index in [2.05, 4.69) is 5.16 Å². The maximum Gasteiger partial charge on any atom is 0.104 e. The first kappa shape index (κ1) is 6.86. The highest BCUT2D eigenvalue weighted by molar-refractivity contribution is 5.56. The predicted molar refractivity (Wildman–Crippen MR) is 37.3 cm³/mol. The Morgan fingerprint density at radius 3 is 3.20 bits per heavy atom. The molecule has 0 saturated heterocycles. The van der Waals surface area contributed by atoms with Gasteiger partial charge in [0.2, 0.25) is 0 Å². The van der Waals surface area contributed by atoms with Gasteiger partial charge in [0.05, 0.1) is 6.26 Å². The minimum atomic E-state index is 0.712. The van der Waals surface area contributed by atoms with Gasteiger partial charge >= 0.3 is 0 Å². The lowest BCUT2D eigenvalue weighted by Gasteiger charge is -1.87. The monoisotopic (exact) mass is 139 g/mol. The lowest BCUT2D eigenvalue weighted by atomic mass is 10.3. The molecule has 1 aromatic heterocycles. The standard InChI is InChI=1S/C7H9NO2/c9-8-5-1-3-7-4-2-6-10-7/h2,4-6,9H,1,3H2. The Morgan fingerprint density at radius 2 is 2.60 bits per heavy atom. The van der Waals surface area contributed by atoms with Crippen LogP contribution in [0.3, 0.4) is 0 Å². The zero-order chi connectivity index (χ0) is 7.23. The van der Waals surface area contributed by atoms with Crippen molar-refractivity contribution in [2.75, 3.05) is 0 Å². The maximum atomic E-state index is 8.03. The lowest BCUT2D eigenvalue weighted by Crippen LogP contribution is -1.81. The Balaban J connectivity index is 2.28. The smallest absolute Gasteiger partial charge is 0.104 e. The lowest BCUT2D eigenvalue weighted by molar-refractivity contribution is 0.320. The Bertz CT molecular complexity index is 191. The molecule has 1 rings (SSSR count). The number of aryl methyl sites for hydroxylation is 1. The van der Waals surface area contributed by atoms with Crippen LogP contribution in [0.1, 0.15) is 12.2 Å². The van der Waals surface area contributed by atoms with E-state index in [1.165, 1.54) is 6.21 Å². The van der Waals surface area contributed by atoms with Crippen molar-refractivity contribution < 1.29 is 9.62 Å². The van der Waals surface area contributed by atoms with Crippen LogP contribution in [0.4, 0.5) is 0 Å². The van der Waals surface area contributed by atoms with Crippen LogP contribution in [0.5, 0.6) is 0 Å². The normalized spacial score (nSPS) is 10.8. The van der Waals surface area contributed by atoms with Gasteiger partial charge < -0.3 is 9.62 Å². The highest BCUT2D eigenvalue weighted by atomic mass is 16.4. The molecule has 3 nitrogen and oxygen atoms in total. The Hall–Kier alpha value is -1.25. The number of oxime groups is 1. The van der Waals surface area contributed by atoms with E-state index in [1.807, 2.05) is 12.1 Å². The van der Waals surface area contributed by atoms with E-state index in [4.69, 9.17) is 9.62 Å². The molecule has 0 atom stereocenters. The molecule has 1 heterocycles. The highest BCUT2D eigenvalue weighted by Crippen LogP contribution is 2.01. The minimum Gasteiger partial charge on any atom is -0.469 e. The average molecular weight is 139 g/mol. The second-order valence-electron chi connectivity index (χ2n) is 1.92. The third-order valence-electron chi connectivity index (χ3n) is 1.18. The summed E-state index contributed by atoms with van der Waals surface area (Å²) < 4.78 is 5.04. The summed E-state index contributed by atoms with van der Waals surface area (Å²) in [5, 5.41) is 10.9. The van der Waals surface area contributed by atoms with Crippen LogP contribution in [0.25, 0.3) is 0 Å². The Kier molecular flexibility index (Phi) is 2.55. The second-order valence-corrected chi connectivity index (χ2v) is 1.92. The van der Waals surface area contributed by atoms with Crippen molar-refractivity contribution in [1.29, 1.82) is 0 Å². The highest BCUT2D eigenvalue weighted by Gasteiger charge is 1.91. The SMILES string of the molecule is ON=CCCc1ccco1. The van der Waals surface area contributed by atoms with Crippen molar-refractivity contribution in [2.45, 2.75) is 12.8 Å². The summed E-state index contributed by atoms with van der Waals surface area (Å²) in [6, 6.07) is 3.73. The van der Waals surface area contributed by atoms with Gasteiger partial charge in [0, 0.05) is 12.6 Å². The van der Waals surface area contributed by atoms with E-state index in [-0.39, 0.29) is 0 Å². The molecule has 0 radical (unpaired) electrons. The molecular formula is C7H9NO2. The summed E-state index contributed by atoms with van der Waals surface area (Å²) >= 11 is 0. The molecule has 0 saturated carbocycles. The molecule has 0 bridgehead atoms. The first-order valence-corrected chi connectivity index (χ1v) is 3.12. The summed E-state index contributed by atoms with van der Waals surface area (Å²) in [5.74, 6) is 0.917. The van der Waals surface area contributed by atoms with Crippen molar-refractivity contribution in [3.63, 3.8) is 0 Å². The maximum absolute atomic E-state index is 8.03. The fraction of sp³-hybridized carbons (Fsp3) is 0.286. The fourth-order valence-corrected chi connectivity index (χ4v) is 0.719. The largest absolute Gasteiger partial charge is 0.469 e. The molecule has 0 aliphatic rings. The van der Waals surface area contributed by atoms with E-state index in [0.29, 0.717) is 6.42 Å². The summed E-state index contributed by atoms with van der Waals surface area (Å²) in [4.78, 5) is 0. The molecule has 0 aromatic carbocycles. The molecule has 1 aromatic rings. The van der Waals surface area contributed by atoms with Gasteiger partial charge in [-0.2, -0.15) is 0 Å². The quantitative estimate of drug-likeness (QED) is 0.393. The van der Waals surface area contributed by atoms with E-state index >= 15 is 0 Å². The van der Waals surface area contributed by atoms with Crippen LogP contribution < -0.4 is 0 Å². The van der Waals surface area contributed by atoms with Gasteiger partial charge in [-0.25, -0.2) is 0 Å². The number of hydrogen-bond donors (Lipinski definition) is 1. The summed E-state index contributed by atoms with van der Waals surface area (Å²) in [7, 11) is 0. The molecule has 0 spiro atoms. The topological polar surface area (TPSA) is 45.7 Å². The van der Waals surface area contributed by atoms with Crippen molar-refractivity contribution in [2.24, 2.45) is 5.16 Å². The van der Waals surface area contributed by atoms with Crippen LogP contribution >= 0.6 is 0 Å². The summed E-state index contributed by atoms with van der Waals surface area (Å²) in [6.07, 6.45) is 4.58. The molecule has 0 unspecified atom stereocenters. The molecule has 3 heteroatoms. The summed E-state index contributed by atoms with van der Waals surface area (Å²) in [6.45, 7) is 0. The van der Waals surface area contributed by atoms with Gasteiger partial charge in [0.15, 0.2) is 0 Å². The first-order chi connectivity index (χ1) is 4.93. The number of nitrogens with zero attached hydrogens (tertiary/aromatic N) is 1. The van der Waals surface area contributed by atoms with Gasteiger partial charge in [0.1, 0.15) is 5.76 Å². The Labute approximate surface area is 59.0 Å². The number of rotatable bonds is 3. The van der Waals surface area contributed by atoms with Crippen molar-refractivity contribution in [3.8, 4) is 0 Å². The van der Waals surface area contributed by atoms with Crippen LogP contribution in [0.15, 0.2) is 28.0 Å². The van der Waals surface area contributed by atoms with Crippen molar-refractivity contribution >= 4 is 6.21 Å². The van der Waals surface area contributed by atoms with Crippen molar-refractivity contribution in [1.82, 2.24) is 0 Å². The van der Waals surface area contributed by atoms with Gasteiger partial charge in [-0.05, 0) is 18.6 Å². The number of hydrogen-bond acceptors (Lipinski definition) is 3. The molecule has 0 amide bonds. The predicted octanol–water partition coefficient (Wildman–Crippen LogP) is 1.67. The van der Waals surface area contributed by atoms with Gasteiger partial charge in [-0.3, -0.25) is 0 Å². The van der Waals surface area contributed by atoms with Crippen LogP contribution in [-0.4, -0.2) is 11.4 Å². The zero-order valence-corrected chi connectivity index (χ0v) is 5.53. The second kappa shape index (κ2) is 3.71. The van der Waals surface area contributed by atoms with Crippen LogP contribution in [0, 0.1) is 0 Å². The van der Waals surface area contributed by atoms with Crippen molar-refractivity contribution in [3.05, 3.63) is 24.2 Å². The average Bonchev–Trinajstić information content (AvgIpc) is 2.41. The van der Waals surface area contributed by atoms with Gasteiger partial charge in [-0.1, -0.05) is 0 Å². The van der Waals surface area contributed by atoms with Gasteiger partial charge in [-0.15, -0.1) is 5.16 Å². The molecule has 1 N–H and O–H groups in total. The molecule has 54 valence electrons. The summed E-state index contributed by atoms with van der Waals surface area (Å²) in [5.41, 5.74) is 0. The molecular weight excluding hydrogens is 130 g/mol. The van der Waals surface area contributed by atoms with E-state index in [9.17, 15) is 0 Å². The van der Waals surface area contributed by atoms with Crippen LogP contribution in [-0.2, 0) is 6.42 Å². The molecule has 0 fully saturated rings. The van der Waals surface area contributed by atoms with Crippen LogP contribution in [0.2, 0.25) is 0 Å². The molecule has 10 heavy (non-hydrogen) atoms. The molecule has 0 aliphatic heterocycles.